The zero-order valence-electron chi connectivity index (χ0n) is 13.8. The van der Waals surface area contributed by atoms with Gasteiger partial charge in [-0.3, -0.25) is 0 Å². The fourth-order valence-corrected chi connectivity index (χ4v) is 3.29. The topological polar surface area (TPSA) is 70.1 Å². The zero-order chi connectivity index (χ0) is 17.2. The van der Waals surface area contributed by atoms with E-state index in [9.17, 15) is 0 Å². The predicted octanol–water partition coefficient (Wildman–Crippen LogP) is 2.92. The first-order valence-electron chi connectivity index (χ1n) is 7.73. The van der Waals surface area contributed by atoms with Crippen molar-refractivity contribution < 1.29 is 4.74 Å². The first-order valence-corrected chi connectivity index (χ1v) is 8.71. The molecular formula is C17H16N6OS. The second-order valence-corrected chi connectivity index (χ2v) is 6.51. The lowest BCUT2D eigenvalue weighted by Crippen LogP contribution is -1.99. The first kappa shape index (κ1) is 15.6. The maximum Gasteiger partial charge on any atom is 0.214 e. The molecule has 0 aliphatic rings. The van der Waals surface area contributed by atoms with Gasteiger partial charge in [-0.1, -0.05) is 17.8 Å². The Labute approximate surface area is 148 Å². The molecule has 0 fully saturated rings. The Bertz CT molecular complexity index is 1010. The van der Waals surface area contributed by atoms with E-state index < -0.39 is 0 Å². The fraction of sp³-hybridized carbons (Fsp3) is 0.176. The maximum atomic E-state index is 5.18. The van der Waals surface area contributed by atoms with Crippen LogP contribution in [0.15, 0.2) is 53.9 Å². The summed E-state index contributed by atoms with van der Waals surface area (Å²) >= 11 is 1.55. The number of ether oxygens (including phenoxy) is 1. The molecule has 0 saturated carbocycles. The van der Waals surface area contributed by atoms with Crippen LogP contribution >= 0.6 is 11.8 Å². The second kappa shape index (κ2) is 6.56. The van der Waals surface area contributed by atoms with Gasteiger partial charge in [-0.2, -0.15) is 4.68 Å². The number of thioether (sulfide) groups is 1. The number of imidazole rings is 1. The number of rotatable bonds is 5. The number of tetrazole rings is 1. The van der Waals surface area contributed by atoms with E-state index in [1.54, 1.807) is 23.6 Å². The molecule has 25 heavy (non-hydrogen) atoms. The van der Waals surface area contributed by atoms with E-state index in [4.69, 9.17) is 4.74 Å². The molecule has 3 aromatic heterocycles. The number of aryl methyl sites for hydroxylation is 1. The van der Waals surface area contributed by atoms with Crippen LogP contribution in [0.3, 0.4) is 0 Å². The van der Waals surface area contributed by atoms with Crippen molar-refractivity contribution in [2.75, 3.05) is 7.11 Å². The molecule has 4 aromatic rings. The summed E-state index contributed by atoms with van der Waals surface area (Å²) in [7, 11) is 1.64. The molecule has 0 spiro atoms. The summed E-state index contributed by atoms with van der Waals surface area (Å²) in [5, 5.41) is 12.7. The van der Waals surface area contributed by atoms with Gasteiger partial charge in [0.2, 0.25) is 5.16 Å². The highest BCUT2D eigenvalue weighted by atomic mass is 32.2. The van der Waals surface area contributed by atoms with Gasteiger partial charge in [-0.05, 0) is 53.2 Å². The van der Waals surface area contributed by atoms with Gasteiger partial charge in [-0.25, -0.2) is 4.98 Å². The third kappa shape index (κ3) is 3.20. The van der Waals surface area contributed by atoms with Crippen molar-refractivity contribution in [3.8, 4) is 11.4 Å². The van der Waals surface area contributed by atoms with Crippen molar-refractivity contribution in [2.24, 2.45) is 0 Å². The molecule has 7 nitrogen and oxygen atoms in total. The lowest BCUT2D eigenvalue weighted by atomic mass is 10.3. The van der Waals surface area contributed by atoms with Crippen LogP contribution in [-0.4, -0.2) is 36.7 Å². The van der Waals surface area contributed by atoms with Crippen LogP contribution in [0.25, 0.3) is 11.3 Å². The van der Waals surface area contributed by atoms with E-state index in [0.717, 1.165) is 27.9 Å². The molecule has 0 atom stereocenters. The van der Waals surface area contributed by atoms with Gasteiger partial charge in [0.15, 0.2) is 0 Å². The van der Waals surface area contributed by atoms with Gasteiger partial charge in [0.1, 0.15) is 11.4 Å². The molecule has 8 heteroatoms. The van der Waals surface area contributed by atoms with Crippen LogP contribution in [0.5, 0.6) is 5.75 Å². The molecule has 126 valence electrons. The Balaban J connectivity index is 1.53. The Morgan fingerprint density at radius 1 is 1.08 bits per heavy atom. The van der Waals surface area contributed by atoms with Crippen molar-refractivity contribution in [2.45, 2.75) is 17.8 Å². The normalized spacial score (nSPS) is 11.1. The average molecular weight is 352 g/mol. The van der Waals surface area contributed by atoms with Crippen LogP contribution in [0.1, 0.15) is 11.3 Å². The van der Waals surface area contributed by atoms with Crippen molar-refractivity contribution in [1.82, 2.24) is 29.6 Å². The first-order chi connectivity index (χ1) is 12.2. The highest BCUT2D eigenvalue weighted by molar-refractivity contribution is 7.98. The van der Waals surface area contributed by atoms with Crippen molar-refractivity contribution in [1.29, 1.82) is 0 Å². The molecular weight excluding hydrogens is 336 g/mol. The molecule has 1 aromatic carbocycles. The van der Waals surface area contributed by atoms with Crippen molar-refractivity contribution >= 4 is 17.4 Å². The van der Waals surface area contributed by atoms with E-state index in [0.29, 0.717) is 5.75 Å². The summed E-state index contributed by atoms with van der Waals surface area (Å²) in [4.78, 5) is 4.63. The van der Waals surface area contributed by atoms with Gasteiger partial charge in [0.05, 0.1) is 18.5 Å². The minimum atomic E-state index is 0.692. The molecule has 0 amide bonds. The number of fused-ring (bicyclic) bond motifs is 1. The lowest BCUT2D eigenvalue weighted by molar-refractivity contribution is 0.414. The quantitative estimate of drug-likeness (QED) is 0.514. The Morgan fingerprint density at radius 2 is 1.92 bits per heavy atom. The van der Waals surface area contributed by atoms with E-state index in [-0.39, 0.29) is 0 Å². The van der Waals surface area contributed by atoms with E-state index >= 15 is 0 Å². The van der Waals surface area contributed by atoms with Crippen LogP contribution < -0.4 is 4.74 Å². The molecule has 0 aliphatic heterocycles. The summed E-state index contributed by atoms with van der Waals surface area (Å²) in [5.41, 5.74) is 4.02. The van der Waals surface area contributed by atoms with Gasteiger partial charge >= 0.3 is 0 Å². The number of nitrogens with zero attached hydrogens (tertiary/aromatic N) is 6. The number of benzene rings is 1. The third-order valence-corrected chi connectivity index (χ3v) is 4.71. The van der Waals surface area contributed by atoms with E-state index in [1.807, 2.05) is 40.9 Å². The van der Waals surface area contributed by atoms with Crippen LogP contribution in [-0.2, 0) is 5.75 Å². The monoisotopic (exact) mass is 352 g/mol. The number of hydrogen-bond acceptors (Lipinski definition) is 6. The standard InChI is InChI=1S/C17H16N6OS/c1-12-3-8-16-18-13(10-22(16)9-12)11-25-17-19-20-21-23(17)14-4-6-15(24-2)7-5-14/h3-10H,11H2,1-2H3. The van der Waals surface area contributed by atoms with Gasteiger partial charge in [0.25, 0.3) is 0 Å². The second-order valence-electron chi connectivity index (χ2n) is 5.56. The number of aromatic nitrogens is 6. The summed E-state index contributed by atoms with van der Waals surface area (Å²) in [6.07, 6.45) is 4.11. The van der Waals surface area contributed by atoms with E-state index in [2.05, 4.69) is 39.7 Å². The molecule has 0 radical (unpaired) electrons. The maximum absolute atomic E-state index is 5.18. The smallest absolute Gasteiger partial charge is 0.214 e. The summed E-state index contributed by atoms with van der Waals surface area (Å²) in [6.45, 7) is 2.07. The van der Waals surface area contributed by atoms with Crippen molar-refractivity contribution in [3.63, 3.8) is 0 Å². The van der Waals surface area contributed by atoms with Crippen LogP contribution in [0.4, 0.5) is 0 Å². The molecule has 4 rings (SSSR count). The summed E-state index contributed by atoms with van der Waals surface area (Å²) in [6, 6.07) is 11.7. The summed E-state index contributed by atoms with van der Waals surface area (Å²) in [5.74, 6) is 1.49. The molecule has 0 bridgehead atoms. The SMILES string of the molecule is COc1ccc(-n2nnnc2SCc2cn3cc(C)ccc3n2)cc1. The highest BCUT2D eigenvalue weighted by Crippen LogP contribution is 2.23. The minimum Gasteiger partial charge on any atom is -0.497 e. The predicted molar refractivity (Wildman–Crippen MR) is 95.2 cm³/mol. The number of pyridine rings is 1. The Kier molecular flexibility index (Phi) is 4.10. The third-order valence-electron chi connectivity index (χ3n) is 3.76. The molecule has 3 heterocycles. The van der Waals surface area contributed by atoms with Crippen molar-refractivity contribution in [3.05, 3.63) is 60.0 Å². The van der Waals surface area contributed by atoms with E-state index in [1.165, 1.54) is 5.56 Å². The lowest BCUT2D eigenvalue weighted by Gasteiger charge is -2.04. The zero-order valence-corrected chi connectivity index (χ0v) is 14.6. The van der Waals surface area contributed by atoms with Gasteiger partial charge in [-0.15, -0.1) is 5.10 Å². The number of methoxy groups -OCH3 is 1. The highest BCUT2D eigenvalue weighted by Gasteiger charge is 2.11. The number of hydrogen-bond donors (Lipinski definition) is 0. The fourth-order valence-electron chi connectivity index (χ4n) is 2.52. The molecule has 0 aliphatic carbocycles. The molecule has 0 saturated heterocycles. The van der Waals surface area contributed by atoms with Crippen LogP contribution in [0.2, 0.25) is 0 Å². The van der Waals surface area contributed by atoms with Crippen LogP contribution in [0, 0.1) is 6.92 Å². The summed E-state index contributed by atoms with van der Waals surface area (Å²) < 4.78 is 8.93. The Hall–Kier alpha value is -2.87. The largest absolute Gasteiger partial charge is 0.497 e. The molecule has 0 unspecified atom stereocenters. The van der Waals surface area contributed by atoms with Gasteiger partial charge in [0, 0.05) is 18.1 Å². The average Bonchev–Trinajstić information content (AvgIpc) is 3.26. The molecule has 0 N–H and O–H groups in total. The van der Waals surface area contributed by atoms with Gasteiger partial charge < -0.3 is 9.14 Å². The Morgan fingerprint density at radius 3 is 2.72 bits per heavy atom. The minimum absolute atomic E-state index is 0.692.